The highest BCUT2D eigenvalue weighted by Crippen LogP contribution is 2.39. The van der Waals surface area contributed by atoms with Gasteiger partial charge in [-0.3, -0.25) is 25.4 Å². The number of methoxy groups -OCH3 is 3. The fraction of sp³-hybridized carbons (Fsp3) is 0.188. The summed E-state index contributed by atoms with van der Waals surface area (Å²) >= 11 is 0. The lowest BCUT2D eigenvalue weighted by atomic mass is 10.1. The number of ether oxygens (including phenoxy) is 3. The average Bonchev–Trinajstić information content (AvgIpc) is 2.64. The number of carbonyl (C=O) groups excluding carboxylic acids is 2. The maximum atomic E-state index is 12.3. The van der Waals surface area contributed by atoms with Crippen LogP contribution in [0.25, 0.3) is 0 Å². The third-order valence-corrected chi connectivity index (χ3v) is 3.14. The first-order valence-corrected chi connectivity index (χ1v) is 6.93. The first-order valence-electron chi connectivity index (χ1n) is 6.93. The first kappa shape index (κ1) is 17.1. The van der Waals surface area contributed by atoms with Crippen molar-refractivity contribution in [2.75, 3.05) is 21.3 Å². The van der Waals surface area contributed by atoms with E-state index < -0.39 is 11.8 Å². The number of hydrogen-bond donors (Lipinski definition) is 2. The molecule has 8 nitrogen and oxygen atoms in total. The Balaban J connectivity index is 2.16. The molecule has 2 N–H and O–H groups in total. The molecule has 0 spiro atoms. The molecule has 0 bridgehead atoms. The van der Waals surface area contributed by atoms with Gasteiger partial charge in [0.2, 0.25) is 5.75 Å². The molecule has 2 aromatic rings. The second-order valence-electron chi connectivity index (χ2n) is 4.51. The molecule has 1 aromatic carbocycles. The summed E-state index contributed by atoms with van der Waals surface area (Å²) in [4.78, 5) is 28.1. The highest BCUT2D eigenvalue weighted by Gasteiger charge is 2.21. The molecule has 0 radical (unpaired) electrons. The van der Waals surface area contributed by atoms with Crippen molar-refractivity contribution >= 4 is 11.8 Å². The SMILES string of the molecule is COc1ccc(C(=O)NNC(=O)c2ccccn2)c(OC)c1OC. The Hall–Kier alpha value is -3.29. The normalized spacial score (nSPS) is 9.79. The lowest BCUT2D eigenvalue weighted by Gasteiger charge is -2.15. The van der Waals surface area contributed by atoms with Gasteiger partial charge >= 0.3 is 0 Å². The van der Waals surface area contributed by atoms with Crippen LogP contribution in [-0.4, -0.2) is 38.1 Å². The van der Waals surface area contributed by atoms with E-state index in [2.05, 4.69) is 15.8 Å². The largest absolute Gasteiger partial charge is 0.493 e. The van der Waals surface area contributed by atoms with Crippen molar-refractivity contribution in [3.8, 4) is 17.2 Å². The van der Waals surface area contributed by atoms with Crippen molar-refractivity contribution in [1.29, 1.82) is 0 Å². The molecule has 8 heteroatoms. The molecule has 1 heterocycles. The first-order chi connectivity index (χ1) is 11.6. The molecule has 24 heavy (non-hydrogen) atoms. The number of nitrogens with one attached hydrogen (secondary N) is 2. The van der Waals surface area contributed by atoms with E-state index in [1.807, 2.05) is 0 Å². The smallest absolute Gasteiger partial charge is 0.288 e. The predicted molar refractivity (Wildman–Crippen MR) is 85.3 cm³/mol. The number of aromatic nitrogens is 1. The van der Waals surface area contributed by atoms with Gasteiger partial charge in [-0.2, -0.15) is 0 Å². The van der Waals surface area contributed by atoms with Gasteiger partial charge in [-0.05, 0) is 24.3 Å². The van der Waals surface area contributed by atoms with E-state index in [4.69, 9.17) is 14.2 Å². The van der Waals surface area contributed by atoms with Crippen LogP contribution in [0.2, 0.25) is 0 Å². The number of hydrazine groups is 1. The fourth-order valence-electron chi connectivity index (χ4n) is 2.02. The molecule has 0 fully saturated rings. The van der Waals surface area contributed by atoms with Gasteiger partial charge in [-0.1, -0.05) is 6.07 Å². The fourth-order valence-corrected chi connectivity index (χ4v) is 2.02. The Kier molecular flexibility index (Phi) is 5.56. The van der Waals surface area contributed by atoms with E-state index in [1.54, 1.807) is 18.2 Å². The topological polar surface area (TPSA) is 98.8 Å². The summed E-state index contributed by atoms with van der Waals surface area (Å²) in [6.45, 7) is 0. The summed E-state index contributed by atoms with van der Waals surface area (Å²) in [5, 5.41) is 0. The molecule has 2 rings (SSSR count). The summed E-state index contributed by atoms with van der Waals surface area (Å²) in [5.74, 6) is -0.214. The summed E-state index contributed by atoms with van der Waals surface area (Å²) in [5.41, 5.74) is 4.95. The van der Waals surface area contributed by atoms with Crippen LogP contribution < -0.4 is 25.1 Å². The lowest BCUT2D eigenvalue weighted by molar-refractivity contribution is 0.0842. The van der Waals surface area contributed by atoms with E-state index in [0.29, 0.717) is 5.75 Å². The quantitative estimate of drug-likeness (QED) is 0.798. The molecule has 0 aliphatic carbocycles. The molecule has 0 unspecified atom stereocenters. The Bertz CT molecular complexity index is 734. The van der Waals surface area contributed by atoms with Gasteiger partial charge in [-0.25, -0.2) is 0 Å². The second kappa shape index (κ2) is 7.82. The highest BCUT2D eigenvalue weighted by molar-refractivity contribution is 6.00. The molecule has 0 atom stereocenters. The number of pyridine rings is 1. The minimum atomic E-state index is -0.572. The van der Waals surface area contributed by atoms with Crippen LogP contribution in [0.3, 0.4) is 0 Å². The average molecular weight is 331 g/mol. The van der Waals surface area contributed by atoms with Crippen LogP contribution in [0.4, 0.5) is 0 Å². The van der Waals surface area contributed by atoms with Crippen molar-refractivity contribution in [1.82, 2.24) is 15.8 Å². The number of benzene rings is 1. The van der Waals surface area contributed by atoms with E-state index in [9.17, 15) is 9.59 Å². The monoisotopic (exact) mass is 331 g/mol. The van der Waals surface area contributed by atoms with Crippen molar-refractivity contribution < 1.29 is 23.8 Å². The van der Waals surface area contributed by atoms with Gasteiger partial charge in [-0.15, -0.1) is 0 Å². The molecule has 0 saturated heterocycles. The number of carbonyl (C=O) groups is 2. The number of hydrogen-bond acceptors (Lipinski definition) is 6. The Labute approximate surface area is 138 Å². The highest BCUT2D eigenvalue weighted by atomic mass is 16.5. The maximum absolute atomic E-state index is 12.3. The standard InChI is InChI=1S/C16H17N3O5/c1-22-12-8-7-10(13(23-2)14(12)24-3)15(20)18-19-16(21)11-6-4-5-9-17-11/h4-9H,1-3H3,(H,18,20)(H,19,21). The van der Waals surface area contributed by atoms with E-state index >= 15 is 0 Å². The molecular formula is C16H17N3O5. The molecule has 0 saturated carbocycles. The van der Waals surface area contributed by atoms with Crippen molar-refractivity contribution in [2.24, 2.45) is 0 Å². The zero-order chi connectivity index (χ0) is 17.5. The zero-order valence-corrected chi connectivity index (χ0v) is 13.5. The van der Waals surface area contributed by atoms with E-state index in [-0.39, 0.29) is 22.8 Å². The number of amides is 2. The lowest BCUT2D eigenvalue weighted by Crippen LogP contribution is -2.42. The van der Waals surface area contributed by atoms with Crippen LogP contribution in [-0.2, 0) is 0 Å². The summed E-state index contributed by atoms with van der Waals surface area (Å²) in [7, 11) is 4.32. The van der Waals surface area contributed by atoms with Crippen LogP contribution in [0.1, 0.15) is 20.8 Å². The Morgan fingerprint density at radius 2 is 1.58 bits per heavy atom. The van der Waals surface area contributed by atoms with Gasteiger partial charge in [0.1, 0.15) is 5.69 Å². The Morgan fingerprint density at radius 3 is 2.17 bits per heavy atom. The van der Waals surface area contributed by atoms with Gasteiger partial charge in [0.05, 0.1) is 26.9 Å². The number of nitrogens with zero attached hydrogens (tertiary/aromatic N) is 1. The molecule has 2 amide bonds. The minimum Gasteiger partial charge on any atom is -0.493 e. The van der Waals surface area contributed by atoms with E-state index in [1.165, 1.54) is 39.7 Å². The van der Waals surface area contributed by atoms with Gasteiger partial charge in [0.25, 0.3) is 11.8 Å². The van der Waals surface area contributed by atoms with E-state index in [0.717, 1.165) is 0 Å². The van der Waals surface area contributed by atoms with Crippen LogP contribution >= 0.6 is 0 Å². The predicted octanol–water partition coefficient (Wildman–Crippen LogP) is 1.18. The molecule has 126 valence electrons. The van der Waals surface area contributed by atoms with Crippen LogP contribution in [0, 0.1) is 0 Å². The number of rotatable bonds is 5. The van der Waals surface area contributed by atoms with Crippen molar-refractivity contribution in [2.45, 2.75) is 0 Å². The molecule has 0 aliphatic heterocycles. The van der Waals surface area contributed by atoms with Gasteiger partial charge < -0.3 is 14.2 Å². The van der Waals surface area contributed by atoms with Gasteiger partial charge in [0.15, 0.2) is 11.5 Å². The van der Waals surface area contributed by atoms with Crippen LogP contribution in [0.15, 0.2) is 36.5 Å². The maximum Gasteiger partial charge on any atom is 0.288 e. The summed E-state index contributed by atoms with van der Waals surface area (Å²) < 4.78 is 15.6. The molecule has 1 aromatic heterocycles. The minimum absolute atomic E-state index is 0.177. The summed E-state index contributed by atoms with van der Waals surface area (Å²) in [6.07, 6.45) is 1.48. The summed E-state index contributed by atoms with van der Waals surface area (Å²) in [6, 6.07) is 7.95. The van der Waals surface area contributed by atoms with Crippen LogP contribution in [0.5, 0.6) is 17.2 Å². The molecular weight excluding hydrogens is 314 g/mol. The zero-order valence-electron chi connectivity index (χ0n) is 13.5. The van der Waals surface area contributed by atoms with Crippen molar-refractivity contribution in [3.63, 3.8) is 0 Å². The Morgan fingerprint density at radius 1 is 0.875 bits per heavy atom. The third kappa shape index (κ3) is 3.54. The molecule has 0 aliphatic rings. The van der Waals surface area contributed by atoms with Gasteiger partial charge in [0, 0.05) is 6.20 Å². The van der Waals surface area contributed by atoms with Crippen molar-refractivity contribution in [3.05, 3.63) is 47.8 Å². The third-order valence-electron chi connectivity index (χ3n) is 3.14. The second-order valence-corrected chi connectivity index (χ2v) is 4.51.